The van der Waals surface area contributed by atoms with E-state index in [1.54, 1.807) is 0 Å². The maximum Gasteiger partial charge on any atom is 0.135 e. The van der Waals surface area contributed by atoms with Crippen molar-refractivity contribution in [1.29, 1.82) is 0 Å². The van der Waals surface area contributed by atoms with Gasteiger partial charge < -0.3 is 10.2 Å². The Morgan fingerprint density at radius 2 is 2.10 bits per heavy atom. The quantitative estimate of drug-likeness (QED) is 0.926. The lowest BCUT2D eigenvalue weighted by Crippen LogP contribution is -2.34. The second kappa shape index (κ2) is 5.56. The summed E-state index contributed by atoms with van der Waals surface area (Å²) in [7, 11) is 0. The van der Waals surface area contributed by atoms with Gasteiger partial charge in [-0.25, -0.2) is 9.97 Å². The molecule has 1 saturated heterocycles. The van der Waals surface area contributed by atoms with Gasteiger partial charge >= 0.3 is 0 Å². The minimum absolute atomic E-state index is 0.507. The Labute approximate surface area is 127 Å². The minimum Gasteiger partial charge on any atom is -0.356 e. The fourth-order valence-electron chi connectivity index (χ4n) is 3.75. The number of piperidine rings is 1. The average molecular weight is 286 g/mol. The highest BCUT2D eigenvalue weighted by Gasteiger charge is 2.29. The zero-order valence-corrected chi connectivity index (χ0v) is 13.1. The lowest BCUT2D eigenvalue weighted by atomic mass is 9.97. The summed E-state index contributed by atoms with van der Waals surface area (Å²) >= 11 is 0. The van der Waals surface area contributed by atoms with Crippen LogP contribution in [0, 0.1) is 12.8 Å². The summed E-state index contributed by atoms with van der Waals surface area (Å²) in [6.07, 6.45) is 7.72. The molecule has 1 aromatic heterocycles. The predicted octanol–water partition coefficient (Wildman–Crippen LogP) is 2.41. The molecule has 1 N–H and O–H groups in total. The van der Waals surface area contributed by atoms with Gasteiger partial charge in [-0.3, -0.25) is 0 Å². The molecule has 0 spiro atoms. The molecule has 4 heteroatoms. The van der Waals surface area contributed by atoms with Crippen LogP contribution < -0.4 is 10.2 Å². The van der Waals surface area contributed by atoms with Gasteiger partial charge in [-0.1, -0.05) is 0 Å². The molecule has 4 rings (SSSR count). The molecule has 114 valence electrons. The van der Waals surface area contributed by atoms with Crippen molar-refractivity contribution in [2.75, 3.05) is 31.1 Å². The highest BCUT2D eigenvalue weighted by Crippen LogP contribution is 2.35. The molecule has 1 saturated carbocycles. The Kier molecular flexibility index (Phi) is 3.57. The van der Waals surface area contributed by atoms with Crippen molar-refractivity contribution in [1.82, 2.24) is 15.3 Å². The van der Waals surface area contributed by atoms with Crippen LogP contribution in [0.15, 0.2) is 0 Å². The first kappa shape index (κ1) is 13.5. The van der Waals surface area contributed by atoms with E-state index in [0.717, 1.165) is 31.3 Å². The van der Waals surface area contributed by atoms with Gasteiger partial charge in [0.05, 0.1) is 0 Å². The lowest BCUT2D eigenvalue weighted by molar-refractivity contribution is 0.444. The van der Waals surface area contributed by atoms with Crippen LogP contribution in [0.4, 0.5) is 5.82 Å². The number of fused-ring (bicyclic) bond motifs is 1. The van der Waals surface area contributed by atoms with Gasteiger partial charge in [0.1, 0.15) is 11.6 Å². The Morgan fingerprint density at radius 3 is 2.86 bits per heavy atom. The van der Waals surface area contributed by atoms with Crippen LogP contribution >= 0.6 is 0 Å². The van der Waals surface area contributed by atoms with Crippen LogP contribution in [0.2, 0.25) is 0 Å². The summed E-state index contributed by atoms with van der Waals surface area (Å²) in [6.45, 7) is 6.77. The van der Waals surface area contributed by atoms with Crippen LogP contribution in [0.5, 0.6) is 0 Å². The van der Waals surface area contributed by atoms with E-state index in [1.807, 2.05) is 0 Å². The summed E-state index contributed by atoms with van der Waals surface area (Å²) in [6, 6.07) is 0. The fraction of sp³-hybridized carbons (Fsp3) is 0.765. The number of aromatic nitrogens is 2. The monoisotopic (exact) mass is 286 g/mol. The number of aryl methyl sites for hydroxylation is 1. The molecule has 0 amide bonds. The molecule has 0 unspecified atom stereocenters. The van der Waals surface area contributed by atoms with Gasteiger partial charge in [0.2, 0.25) is 0 Å². The van der Waals surface area contributed by atoms with Crippen molar-refractivity contribution < 1.29 is 0 Å². The molecule has 2 aliphatic heterocycles. The molecule has 1 aliphatic carbocycles. The fourth-order valence-corrected chi connectivity index (χ4v) is 3.75. The smallest absolute Gasteiger partial charge is 0.135 e. The Hall–Kier alpha value is -1.16. The molecule has 21 heavy (non-hydrogen) atoms. The van der Waals surface area contributed by atoms with Crippen molar-refractivity contribution in [3.05, 3.63) is 17.1 Å². The number of hydrogen-bond donors (Lipinski definition) is 1. The topological polar surface area (TPSA) is 41.1 Å². The summed E-state index contributed by atoms with van der Waals surface area (Å²) in [5, 5.41) is 3.49. The van der Waals surface area contributed by atoms with Gasteiger partial charge in [-0.15, -0.1) is 0 Å². The van der Waals surface area contributed by atoms with Crippen LogP contribution in [0.25, 0.3) is 0 Å². The van der Waals surface area contributed by atoms with Crippen LogP contribution in [-0.4, -0.2) is 36.1 Å². The van der Waals surface area contributed by atoms with E-state index >= 15 is 0 Å². The largest absolute Gasteiger partial charge is 0.356 e. The summed E-state index contributed by atoms with van der Waals surface area (Å²) in [5.74, 6) is 3.78. The lowest BCUT2D eigenvalue weighted by Gasteiger charge is -2.32. The molecule has 1 atom stereocenters. The summed E-state index contributed by atoms with van der Waals surface area (Å²) < 4.78 is 0. The number of nitrogens with zero attached hydrogens (tertiary/aromatic N) is 3. The van der Waals surface area contributed by atoms with Gasteiger partial charge in [0.25, 0.3) is 0 Å². The van der Waals surface area contributed by atoms with E-state index in [-0.39, 0.29) is 0 Å². The molecular formula is C17H26N4. The SMILES string of the molecule is Cc1nc([C@H]2CCCNC2)nc2c1CCCN2CC1CC1. The third-order valence-corrected chi connectivity index (χ3v) is 5.20. The highest BCUT2D eigenvalue weighted by molar-refractivity contribution is 5.51. The number of nitrogens with one attached hydrogen (secondary N) is 1. The standard InChI is InChI=1S/C17H26N4/c1-12-15-5-3-9-21(11-13-6-7-13)17(15)20-16(19-12)14-4-2-8-18-10-14/h13-14,18H,2-11H2,1H3/t14-/m0/s1. The van der Waals surface area contributed by atoms with Crippen LogP contribution in [0.1, 0.15) is 55.1 Å². The van der Waals surface area contributed by atoms with Crippen molar-refractivity contribution in [2.45, 2.75) is 51.4 Å². The Bertz CT molecular complexity index is 518. The van der Waals surface area contributed by atoms with E-state index < -0.39 is 0 Å². The third kappa shape index (κ3) is 2.78. The van der Waals surface area contributed by atoms with E-state index in [0.29, 0.717) is 5.92 Å². The zero-order chi connectivity index (χ0) is 14.2. The Balaban J connectivity index is 1.65. The maximum absolute atomic E-state index is 5.03. The van der Waals surface area contributed by atoms with Crippen molar-refractivity contribution in [2.24, 2.45) is 5.92 Å². The first-order valence-corrected chi connectivity index (χ1v) is 8.64. The molecule has 0 bridgehead atoms. The molecule has 3 aliphatic rings. The van der Waals surface area contributed by atoms with Gasteiger partial charge in [-0.05, 0) is 57.9 Å². The molecule has 4 nitrogen and oxygen atoms in total. The highest BCUT2D eigenvalue weighted by atomic mass is 15.2. The van der Waals surface area contributed by atoms with Crippen molar-refractivity contribution in [3.63, 3.8) is 0 Å². The predicted molar refractivity (Wildman–Crippen MR) is 84.9 cm³/mol. The summed E-state index contributed by atoms with van der Waals surface area (Å²) in [4.78, 5) is 12.4. The molecule has 0 radical (unpaired) electrons. The molecule has 0 aromatic carbocycles. The maximum atomic E-state index is 5.03. The molecule has 1 aromatic rings. The number of rotatable bonds is 3. The zero-order valence-electron chi connectivity index (χ0n) is 13.1. The normalized spacial score (nSPS) is 25.8. The number of hydrogen-bond acceptors (Lipinski definition) is 4. The van der Waals surface area contributed by atoms with E-state index in [1.165, 1.54) is 62.3 Å². The number of anilines is 1. The van der Waals surface area contributed by atoms with Gasteiger partial charge in [-0.2, -0.15) is 0 Å². The molecule has 3 heterocycles. The van der Waals surface area contributed by atoms with E-state index in [2.05, 4.69) is 17.1 Å². The summed E-state index contributed by atoms with van der Waals surface area (Å²) in [5.41, 5.74) is 2.63. The first-order chi connectivity index (χ1) is 10.3. The first-order valence-electron chi connectivity index (χ1n) is 8.64. The second-order valence-corrected chi connectivity index (χ2v) is 7.01. The van der Waals surface area contributed by atoms with Gasteiger partial charge in [0, 0.05) is 36.8 Å². The van der Waals surface area contributed by atoms with Crippen molar-refractivity contribution in [3.8, 4) is 0 Å². The van der Waals surface area contributed by atoms with Crippen LogP contribution in [-0.2, 0) is 6.42 Å². The van der Waals surface area contributed by atoms with Crippen LogP contribution in [0.3, 0.4) is 0 Å². The second-order valence-electron chi connectivity index (χ2n) is 7.01. The minimum atomic E-state index is 0.507. The molecular weight excluding hydrogens is 260 g/mol. The van der Waals surface area contributed by atoms with Crippen molar-refractivity contribution >= 4 is 5.82 Å². The Morgan fingerprint density at radius 1 is 1.19 bits per heavy atom. The van der Waals surface area contributed by atoms with Gasteiger partial charge in [0.15, 0.2) is 0 Å². The third-order valence-electron chi connectivity index (χ3n) is 5.20. The van der Waals surface area contributed by atoms with E-state index in [4.69, 9.17) is 9.97 Å². The average Bonchev–Trinajstić information content (AvgIpc) is 3.33. The van der Waals surface area contributed by atoms with E-state index in [9.17, 15) is 0 Å². The molecule has 2 fully saturated rings.